The Morgan fingerprint density at radius 1 is 1.16 bits per heavy atom. The van der Waals surface area contributed by atoms with Crippen LogP contribution in [0.3, 0.4) is 0 Å². The highest BCUT2D eigenvalue weighted by Crippen LogP contribution is 2.24. The molecule has 0 spiro atoms. The molecule has 1 saturated heterocycles. The minimum atomic E-state index is -0.0736. The second kappa shape index (κ2) is 8.88. The monoisotopic (exact) mass is 417 g/mol. The van der Waals surface area contributed by atoms with E-state index in [0.29, 0.717) is 54.6 Å². The van der Waals surface area contributed by atoms with Crippen molar-refractivity contribution in [2.75, 3.05) is 31.1 Å². The zero-order valence-electron chi connectivity index (χ0n) is 17.5. The molecule has 2 aromatic heterocycles. The summed E-state index contributed by atoms with van der Waals surface area (Å²) < 4.78 is 11.2. The van der Waals surface area contributed by atoms with Gasteiger partial charge in [-0.15, -0.1) is 0 Å². The first-order valence-corrected chi connectivity index (χ1v) is 10.1. The molecule has 1 amide bonds. The minimum absolute atomic E-state index is 0.0736. The van der Waals surface area contributed by atoms with Crippen molar-refractivity contribution in [3.05, 3.63) is 70.7 Å². The van der Waals surface area contributed by atoms with Gasteiger partial charge in [0.25, 0.3) is 5.91 Å². The van der Waals surface area contributed by atoms with Gasteiger partial charge >= 0.3 is 0 Å². The van der Waals surface area contributed by atoms with Crippen LogP contribution in [0.5, 0.6) is 5.75 Å². The van der Waals surface area contributed by atoms with Crippen molar-refractivity contribution in [3.8, 4) is 11.8 Å². The number of nitriles is 1. The van der Waals surface area contributed by atoms with Crippen LogP contribution in [0, 0.1) is 25.2 Å². The molecule has 0 saturated carbocycles. The fourth-order valence-electron chi connectivity index (χ4n) is 3.65. The Morgan fingerprint density at radius 2 is 1.94 bits per heavy atom. The molecule has 3 aromatic rings. The number of amides is 1. The molecule has 1 aromatic carbocycles. The normalized spacial score (nSPS) is 13.7. The van der Waals surface area contributed by atoms with Crippen LogP contribution in [-0.4, -0.2) is 47.1 Å². The molecule has 0 unspecified atom stereocenters. The Kier molecular flexibility index (Phi) is 5.85. The van der Waals surface area contributed by atoms with Crippen LogP contribution in [0.15, 0.2) is 47.1 Å². The van der Waals surface area contributed by atoms with Crippen molar-refractivity contribution < 1.29 is 14.1 Å². The molecule has 0 aliphatic carbocycles. The number of hydrogen-bond acceptors (Lipinski definition) is 7. The predicted octanol–water partition coefficient (Wildman–Crippen LogP) is 3.10. The molecule has 158 valence electrons. The summed E-state index contributed by atoms with van der Waals surface area (Å²) in [6, 6.07) is 13.0. The number of pyridine rings is 1. The first-order chi connectivity index (χ1) is 15.1. The van der Waals surface area contributed by atoms with E-state index in [1.54, 1.807) is 30.5 Å². The van der Waals surface area contributed by atoms with E-state index in [2.05, 4.69) is 16.2 Å². The van der Waals surface area contributed by atoms with Crippen molar-refractivity contribution in [2.24, 2.45) is 0 Å². The van der Waals surface area contributed by atoms with Crippen LogP contribution in [-0.2, 0) is 6.61 Å². The Morgan fingerprint density at radius 3 is 2.65 bits per heavy atom. The molecule has 1 fully saturated rings. The summed E-state index contributed by atoms with van der Waals surface area (Å²) in [5.41, 5.74) is 2.74. The highest BCUT2D eigenvalue weighted by atomic mass is 16.5. The molecule has 31 heavy (non-hydrogen) atoms. The van der Waals surface area contributed by atoms with E-state index in [9.17, 15) is 10.1 Å². The highest BCUT2D eigenvalue weighted by molar-refractivity contribution is 5.97. The largest absolute Gasteiger partial charge is 0.488 e. The topological polar surface area (TPSA) is 95.5 Å². The molecular weight excluding hydrogens is 394 g/mol. The molecule has 8 nitrogen and oxygen atoms in total. The van der Waals surface area contributed by atoms with Gasteiger partial charge in [0.2, 0.25) is 0 Å². The fourth-order valence-corrected chi connectivity index (χ4v) is 3.65. The van der Waals surface area contributed by atoms with Gasteiger partial charge in [0.05, 0.1) is 22.4 Å². The maximum atomic E-state index is 13.2. The van der Waals surface area contributed by atoms with Crippen molar-refractivity contribution in [1.29, 1.82) is 5.26 Å². The molecule has 0 N–H and O–H groups in total. The Hall–Kier alpha value is -3.86. The lowest BCUT2D eigenvalue weighted by atomic mass is 10.1. The summed E-state index contributed by atoms with van der Waals surface area (Å²) in [7, 11) is 0. The van der Waals surface area contributed by atoms with Gasteiger partial charge in [-0.3, -0.25) is 4.79 Å². The SMILES string of the molecule is Cc1noc(C)c1COc1ccccc1C(=O)N1CCN(c2ncccc2C#N)CC1. The summed E-state index contributed by atoms with van der Waals surface area (Å²) in [5, 5.41) is 13.3. The van der Waals surface area contributed by atoms with Crippen molar-refractivity contribution in [2.45, 2.75) is 20.5 Å². The smallest absolute Gasteiger partial charge is 0.257 e. The maximum Gasteiger partial charge on any atom is 0.257 e. The highest BCUT2D eigenvalue weighted by Gasteiger charge is 2.26. The van der Waals surface area contributed by atoms with Crippen LogP contribution in [0.25, 0.3) is 0 Å². The van der Waals surface area contributed by atoms with Gasteiger partial charge in [-0.05, 0) is 38.1 Å². The van der Waals surface area contributed by atoms with Gasteiger partial charge in [0.15, 0.2) is 0 Å². The lowest BCUT2D eigenvalue weighted by molar-refractivity contribution is 0.0741. The zero-order valence-corrected chi connectivity index (χ0v) is 17.5. The molecular formula is C23H23N5O3. The molecule has 0 radical (unpaired) electrons. The van der Waals surface area contributed by atoms with E-state index in [-0.39, 0.29) is 12.5 Å². The van der Waals surface area contributed by atoms with Gasteiger partial charge < -0.3 is 19.1 Å². The Balaban J connectivity index is 1.44. The van der Waals surface area contributed by atoms with E-state index < -0.39 is 0 Å². The van der Waals surface area contributed by atoms with Gasteiger partial charge in [0.1, 0.15) is 30.0 Å². The van der Waals surface area contributed by atoms with Crippen molar-refractivity contribution in [1.82, 2.24) is 15.0 Å². The maximum absolute atomic E-state index is 13.2. The van der Waals surface area contributed by atoms with Gasteiger partial charge in [-0.25, -0.2) is 4.98 Å². The third-order valence-electron chi connectivity index (χ3n) is 5.44. The van der Waals surface area contributed by atoms with Crippen LogP contribution >= 0.6 is 0 Å². The molecule has 0 atom stereocenters. The number of nitrogens with zero attached hydrogens (tertiary/aromatic N) is 5. The molecule has 4 rings (SSSR count). The molecule has 0 bridgehead atoms. The molecule has 1 aliphatic heterocycles. The van der Waals surface area contributed by atoms with E-state index in [1.165, 1.54) is 0 Å². The van der Waals surface area contributed by atoms with E-state index in [0.717, 1.165) is 11.3 Å². The quantitative estimate of drug-likeness (QED) is 0.629. The molecule has 1 aliphatic rings. The summed E-state index contributed by atoms with van der Waals surface area (Å²) in [6.45, 7) is 6.30. The van der Waals surface area contributed by atoms with Crippen LogP contribution < -0.4 is 9.64 Å². The fraction of sp³-hybridized carbons (Fsp3) is 0.304. The van der Waals surface area contributed by atoms with E-state index in [4.69, 9.17) is 9.26 Å². The van der Waals surface area contributed by atoms with Crippen LogP contribution in [0.2, 0.25) is 0 Å². The lowest BCUT2D eigenvalue weighted by Gasteiger charge is -2.35. The van der Waals surface area contributed by atoms with Crippen molar-refractivity contribution >= 4 is 11.7 Å². The van der Waals surface area contributed by atoms with Crippen LogP contribution in [0.4, 0.5) is 5.82 Å². The number of hydrogen-bond donors (Lipinski definition) is 0. The van der Waals surface area contributed by atoms with E-state index >= 15 is 0 Å². The average Bonchev–Trinajstić information content (AvgIpc) is 3.14. The second-order valence-electron chi connectivity index (χ2n) is 7.35. The minimum Gasteiger partial charge on any atom is -0.488 e. The third-order valence-corrected chi connectivity index (χ3v) is 5.44. The van der Waals surface area contributed by atoms with Gasteiger partial charge in [-0.2, -0.15) is 5.26 Å². The zero-order chi connectivity index (χ0) is 21.8. The number of ether oxygens (including phenoxy) is 1. The average molecular weight is 417 g/mol. The number of aryl methyl sites for hydroxylation is 2. The summed E-state index contributed by atoms with van der Waals surface area (Å²) in [4.78, 5) is 21.4. The molecule has 3 heterocycles. The number of carbonyl (C=O) groups excluding carboxylic acids is 1. The predicted molar refractivity (Wildman–Crippen MR) is 114 cm³/mol. The second-order valence-corrected chi connectivity index (χ2v) is 7.35. The number of aromatic nitrogens is 2. The number of piperazine rings is 1. The number of anilines is 1. The Labute approximate surface area is 180 Å². The van der Waals surface area contributed by atoms with Gasteiger partial charge in [0, 0.05) is 32.4 Å². The number of para-hydroxylation sites is 1. The number of carbonyl (C=O) groups is 1. The summed E-state index contributed by atoms with van der Waals surface area (Å²) >= 11 is 0. The first-order valence-electron chi connectivity index (χ1n) is 10.1. The number of benzene rings is 1. The summed E-state index contributed by atoms with van der Waals surface area (Å²) in [5.74, 6) is 1.84. The third kappa shape index (κ3) is 4.21. The van der Waals surface area contributed by atoms with Crippen LogP contribution in [0.1, 0.15) is 32.9 Å². The van der Waals surface area contributed by atoms with Crippen molar-refractivity contribution in [3.63, 3.8) is 0 Å². The molecule has 8 heteroatoms. The summed E-state index contributed by atoms with van der Waals surface area (Å²) in [6.07, 6.45) is 1.68. The van der Waals surface area contributed by atoms with E-state index in [1.807, 2.05) is 35.8 Å². The number of rotatable bonds is 5. The lowest BCUT2D eigenvalue weighted by Crippen LogP contribution is -2.49. The standard InChI is InChI=1S/C23H23N5O3/c1-16-20(17(2)31-26-16)15-30-21-8-4-3-7-19(21)23(29)28-12-10-27(11-13-28)22-18(14-24)6-5-9-25-22/h3-9H,10-13,15H2,1-2H3. The van der Waals surface area contributed by atoms with Gasteiger partial charge in [-0.1, -0.05) is 17.3 Å². The first kappa shape index (κ1) is 20.4. The Bertz CT molecular complexity index is 1110.